The second-order valence-corrected chi connectivity index (χ2v) is 0.346. The molecule has 0 aromatic heterocycles. The van der Waals surface area contributed by atoms with Gasteiger partial charge in [0, 0.05) is 0 Å². The molecule has 0 unspecified atom stereocenters. The zero-order valence-corrected chi connectivity index (χ0v) is 8.42. The van der Waals surface area contributed by atoms with E-state index in [-0.39, 0.29) is 69.3 Å². The van der Waals surface area contributed by atoms with Crippen LogP contribution in [0.5, 0.6) is 0 Å². The molecule has 0 spiro atoms. The molecule has 12 heavy (non-hydrogen) atoms. The molecule has 0 rings (SSSR count). The van der Waals surface area contributed by atoms with Crippen LogP contribution in [0, 0.1) is 0 Å². The SMILES string of the molecule is O.O.O.O.O.O.O.OB(O)O.[H-].[Na+]. The molecule has 82 valence electrons. The van der Waals surface area contributed by atoms with Crippen LogP contribution in [-0.2, 0) is 0 Å². The normalized spacial score (nSPS) is 2.25. The van der Waals surface area contributed by atoms with Crippen LogP contribution in [0.3, 0.4) is 0 Å². The van der Waals surface area contributed by atoms with Gasteiger partial charge >= 0.3 is 36.9 Å². The van der Waals surface area contributed by atoms with Crippen LogP contribution in [0.4, 0.5) is 0 Å². The Bertz CT molecular complexity index is 19.6. The van der Waals surface area contributed by atoms with Crippen LogP contribution >= 0.6 is 0 Å². The van der Waals surface area contributed by atoms with E-state index >= 15 is 0 Å². The fraction of sp³-hybridized carbons (Fsp3) is 0. The van der Waals surface area contributed by atoms with Crippen molar-refractivity contribution in [2.45, 2.75) is 0 Å². The van der Waals surface area contributed by atoms with E-state index in [0.717, 1.165) is 0 Å². The van der Waals surface area contributed by atoms with E-state index in [1.165, 1.54) is 0 Å². The smallest absolute Gasteiger partial charge is 1.00 e. The summed E-state index contributed by atoms with van der Waals surface area (Å²) in [7, 11) is -2.17. The third kappa shape index (κ3) is 2250. The minimum Gasteiger partial charge on any atom is -1.00 e. The predicted molar refractivity (Wildman–Crippen MR) is 38.8 cm³/mol. The maximum atomic E-state index is 7.17. The second kappa shape index (κ2) is 98.8. The molecule has 0 aromatic rings. The Morgan fingerprint density at radius 3 is 0.583 bits per heavy atom. The quantitative estimate of drug-likeness (QED) is 0.329. The summed E-state index contributed by atoms with van der Waals surface area (Å²) in [5.41, 5.74) is 0. The molecule has 10 nitrogen and oxygen atoms in total. The summed E-state index contributed by atoms with van der Waals surface area (Å²) >= 11 is 0. The fourth-order valence-corrected chi connectivity index (χ4v) is 0. The zero-order valence-electron chi connectivity index (χ0n) is 7.42. The first-order chi connectivity index (χ1) is 1.73. The number of rotatable bonds is 0. The van der Waals surface area contributed by atoms with Crippen LogP contribution in [0.25, 0.3) is 0 Å². The van der Waals surface area contributed by atoms with Crippen molar-refractivity contribution in [3.8, 4) is 0 Å². The van der Waals surface area contributed by atoms with Crippen molar-refractivity contribution in [1.29, 1.82) is 0 Å². The van der Waals surface area contributed by atoms with Crippen molar-refractivity contribution in [3.63, 3.8) is 0 Å². The Hall–Kier alpha value is 0.665. The molecule has 17 N–H and O–H groups in total. The average Bonchev–Trinajstić information content (AvgIpc) is 0.811. The van der Waals surface area contributed by atoms with E-state index in [4.69, 9.17) is 15.1 Å². The largest absolute Gasteiger partial charge is 1.00 e. The van der Waals surface area contributed by atoms with Gasteiger partial charge < -0.3 is 54.8 Å². The standard InChI is InChI=1S/BH3O3.Na.7H2O.H/c2-1(3)4;;;;;;;;;/h2-4H;;7*1H2;/q;+1;;;;;;;;-1. The fourth-order valence-electron chi connectivity index (χ4n) is 0. The third-order valence-corrected chi connectivity index (χ3v) is 0. The number of hydrogen-bond donors (Lipinski definition) is 3. The first kappa shape index (κ1) is 128. The van der Waals surface area contributed by atoms with Gasteiger partial charge in [-0.2, -0.15) is 0 Å². The predicted octanol–water partition coefficient (Wildman–Crippen LogP) is -10.7. The summed E-state index contributed by atoms with van der Waals surface area (Å²) < 4.78 is 0. The molecule has 0 saturated heterocycles. The minimum atomic E-state index is -2.17. The molecule has 0 heterocycles. The zero-order chi connectivity index (χ0) is 3.58. The van der Waals surface area contributed by atoms with Gasteiger partial charge in [0.05, 0.1) is 0 Å². The molecule has 0 atom stereocenters. The van der Waals surface area contributed by atoms with Crippen molar-refractivity contribution in [1.82, 2.24) is 0 Å². The molecule has 12 heteroatoms. The van der Waals surface area contributed by atoms with E-state index in [2.05, 4.69) is 0 Å². The van der Waals surface area contributed by atoms with Crippen molar-refractivity contribution < 1.29 is 84.4 Å². The van der Waals surface area contributed by atoms with Gasteiger partial charge in [-0.1, -0.05) is 0 Å². The Labute approximate surface area is 91.9 Å². The van der Waals surface area contributed by atoms with E-state index in [9.17, 15) is 0 Å². The maximum Gasteiger partial charge on any atom is 1.00 e. The van der Waals surface area contributed by atoms with Gasteiger partial charge in [0.15, 0.2) is 0 Å². The van der Waals surface area contributed by atoms with Crippen LogP contribution in [0.1, 0.15) is 1.43 Å². The Morgan fingerprint density at radius 1 is 0.583 bits per heavy atom. The van der Waals surface area contributed by atoms with E-state index < -0.39 is 7.32 Å². The third-order valence-electron chi connectivity index (χ3n) is 0. The average molecular weight is 212 g/mol. The van der Waals surface area contributed by atoms with Crippen molar-refractivity contribution in [3.05, 3.63) is 0 Å². The molecule has 0 bridgehead atoms. The topological polar surface area (TPSA) is 281 Å². The second-order valence-electron chi connectivity index (χ2n) is 0.346. The van der Waals surface area contributed by atoms with Gasteiger partial charge in [-0.25, -0.2) is 0 Å². The van der Waals surface area contributed by atoms with Gasteiger partial charge in [-0.3, -0.25) is 0 Å². The van der Waals surface area contributed by atoms with Gasteiger partial charge in [0.1, 0.15) is 0 Å². The Kier molecular flexibility index (Phi) is 1060. The molecule has 0 radical (unpaired) electrons. The summed E-state index contributed by atoms with van der Waals surface area (Å²) in [6, 6.07) is 0. The summed E-state index contributed by atoms with van der Waals surface area (Å²) in [5.74, 6) is 0. The first-order valence-corrected chi connectivity index (χ1v) is 0.775. The molecular weight excluding hydrogens is 194 g/mol. The molecule has 0 fully saturated rings. The molecule has 0 aliphatic rings. The van der Waals surface area contributed by atoms with Crippen LogP contribution < -0.4 is 29.6 Å². The summed E-state index contributed by atoms with van der Waals surface area (Å²) in [6.07, 6.45) is 0. The molecule has 0 saturated carbocycles. The maximum absolute atomic E-state index is 7.17. The van der Waals surface area contributed by atoms with Crippen molar-refractivity contribution in [2.75, 3.05) is 0 Å². The molecule has 0 aliphatic heterocycles. The van der Waals surface area contributed by atoms with E-state index in [1.807, 2.05) is 0 Å². The molecule has 0 aromatic carbocycles. The van der Waals surface area contributed by atoms with Crippen LogP contribution in [0.2, 0.25) is 0 Å². The summed E-state index contributed by atoms with van der Waals surface area (Å²) in [5, 5.41) is 21.5. The van der Waals surface area contributed by atoms with E-state index in [0.29, 0.717) is 0 Å². The monoisotopic (exact) mass is 212 g/mol. The van der Waals surface area contributed by atoms with E-state index in [1.54, 1.807) is 0 Å². The van der Waals surface area contributed by atoms with Crippen LogP contribution in [0.15, 0.2) is 0 Å². The van der Waals surface area contributed by atoms with Crippen molar-refractivity contribution in [2.24, 2.45) is 0 Å². The first-order valence-electron chi connectivity index (χ1n) is 0.775. The van der Waals surface area contributed by atoms with Gasteiger partial charge in [0.25, 0.3) is 0 Å². The van der Waals surface area contributed by atoms with Gasteiger partial charge in [0.2, 0.25) is 0 Å². The molecule has 0 aliphatic carbocycles. The van der Waals surface area contributed by atoms with Crippen LogP contribution in [-0.4, -0.2) is 60.7 Å². The Morgan fingerprint density at radius 2 is 0.583 bits per heavy atom. The van der Waals surface area contributed by atoms with Gasteiger partial charge in [-0.15, -0.1) is 0 Å². The van der Waals surface area contributed by atoms with Gasteiger partial charge in [-0.05, 0) is 0 Å². The molecule has 0 amide bonds. The summed E-state index contributed by atoms with van der Waals surface area (Å²) in [4.78, 5) is 0. The van der Waals surface area contributed by atoms with Crippen molar-refractivity contribution >= 4 is 7.32 Å². The number of hydrogen-bond acceptors (Lipinski definition) is 3. The summed E-state index contributed by atoms with van der Waals surface area (Å²) in [6.45, 7) is 0. The Balaban J connectivity index is -0.00000000125. The molecular formula is H18BNaO10. The minimum absolute atomic E-state index is 0.